The van der Waals surface area contributed by atoms with E-state index in [9.17, 15) is 4.21 Å². The molecule has 1 aliphatic heterocycles. The lowest BCUT2D eigenvalue weighted by Gasteiger charge is -2.29. The van der Waals surface area contributed by atoms with Gasteiger partial charge in [-0.25, -0.2) is 9.19 Å². The van der Waals surface area contributed by atoms with Crippen LogP contribution in [0, 0.1) is 0 Å². The van der Waals surface area contributed by atoms with Gasteiger partial charge in [0, 0.05) is 6.20 Å². The topological polar surface area (TPSA) is 33.2 Å². The Morgan fingerprint density at radius 2 is 2.19 bits per heavy atom. The summed E-state index contributed by atoms with van der Waals surface area (Å²) in [5.41, 5.74) is 3.20. The lowest BCUT2D eigenvalue weighted by Crippen LogP contribution is -2.34. The molecule has 2 heterocycles. The Labute approximate surface area is 103 Å². The van der Waals surface area contributed by atoms with Gasteiger partial charge in [0.1, 0.15) is 11.0 Å². The highest BCUT2D eigenvalue weighted by Crippen LogP contribution is 2.28. The van der Waals surface area contributed by atoms with Crippen molar-refractivity contribution in [3.8, 4) is 0 Å². The molecule has 5 heteroatoms. The lowest BCUT2D eigenvalue weighted by atomic mass is 10.2. The standard InChI is InChI=1S/C11H13ClN2OS/c1-8-6-14(16(15)7-9(8)2)10-4-3-5-13-11(10)12/h3-5H,6-7H2,1-2H3. The summed E-state index contributed by atoms with van der Waals surface area (Å²) in [4.78, 5) is 4.01. The van der Waals surface area contributed by atoms with Gasteiger partial charge in [-0.1, -0.05) is 22.7 Å². The molecule has 0 fully saturated rings. The maximum Gasteiger partial charge on any atom is 0.153 e. The Morgan fingerprint density at radius 3 is 2.88 bits per heavy atom. The summed E-state index contributed by atoms with van der Waals surface area (Å²) in [6.45, 7) is 4.74. The van der Waals surface area contributed by atoms with Gasteiger partial charge in [0.25, 0.3) is 0 Å². The maximum atomic E-state index is 12.0. The molecular weight excluding hydrogens is 244 g/mol. The Balaban J connectivity index is 2.37. The van der Waals surface area contributed by atoms with Crippen molar-refractivity contribution in [3.05, 3.63) is 34.6 Å². The molecule has 1 aromatic heterocycles. The van der Waals surface area contributed by atoms with E-state index in [0.29, 0.717) is 17.5 Å². The van der Waals surface area contributed by atoms with E-state index in [-0.39, 0.29) is 0 Å². The van der Waals surface area contributed by atoms with Crippen LogP contribution in [0.4, 0.5) is 5.69 Å². The number of pyridine rings is 1. The largest absolute Gasteiger partial charge is 0.284 e. The van der Waals surface area contributed by atoms with Crippen LogP contribution in [0.5, 0.6) is 0 Å². The van der Waals surface area contributed by atoms with Crippen molar-refractivity contribution in [2.24, 2.45) is 0 Å². The van der Waals surface area contributed by atoms with E-state index in [0.717, 1.165) is 5.69 Å². The SMILES string of the molecule is CC1=C(C)CS(=O)N(c2cccnc2Cl)C1. The van der Waals surface area contributed by atoms with Gasteiger partial charge in [-0.2, -0.15) is 0 Å². The van der Waals surface area contributed by atoms with Crippen molar-refractivity contribution in [2.75, 3.05) is 16.6 Å². The third kappa shape index (κ3) is 2.13. The normalized spacial score (nSPS) is 21.4. The van der Waals surface area contributed by atoms with E-state index < -0.39 is 11.0 Å². The Hall–Kier alpha value is -0.870. The quantitative estimate of drug-likeness (QED) is 0.572. The Bertz CT molecular complexity index is 473. The van der Waals surface area contributed by atoms with Gasteiger partial charge in [0.2, 0.25) is 0 Å². The van der Waals surface area contributed by atoms with Crippen molar-refractivity contribution < 1.29 is 4.21 Å². The van der Waals surface area contributed by atoms with Crippen LogP contribution < -0.4 is 4.31 Å². The number of anilines is 1. The van der Waals surface area contributed by atoms with Gasteiger partial charge in [0.05, 0.1) is 18.0 Å². The molecular formula is C11H13ClN2OS. The number of halogens is 1. The van der Waals surface area contributed by atoms with Crippen LogP contribution >= 0.6 is 11.6 Å². The van der Waals surface area contributed by atoms with Crippen LogP contribution in [0.25, 0.3) is 0 Å². The highest BCUT2D eigenvalue weighted by Gasteiger charge is 2.23. The monoisotopic (exact) mass is 256 g/mol. The van der Waals surface area contributed by atoms with Crippen molar-refractivity contribution >= 4 is 28.3 Å². The minimum atomic E-state index is -1.04. The molecule has 1 unspecified atom stereocenters. The molecule has 0 amide bonds. The van der Waals surface area contributed by atoms with E-state index in [1.165, 1.54) is 11.1 Å². The molecule has 0 saturated heterocycles. The van der Waals surface area contributed by atoms with Gasteiger partial charge in [-0.3, -0.25) is 4.31 Å². The smallest absolute Gasteiger partial charge is 0.153 e. The fraction of sp³-hybridized carbons (Fsp3) is 0.364. The second-order valence-corrected chi connectivity index (χ2v) is 5.61. The van der Waals surface area contributed by atoms with Gasteiger partial charge < -0.3 is 0 Å². The molecule has 0 saturated carbocycles. The van der Waals surface area contributed by atoms with Crippen molar-refractivity contribution in [3.63, 3.8) is 0 Å². The summed E-state index contributed by atoms with van der Waals surface area (Å²) >= 11 is 6.00. The number of rotatable bonds is 1. The second-order valence-electron chi connectivity index (χ2n) is 3.88. The van der Waals surface area contributed by atoms with Crippen molar-refractivity contribution in [2.45, 2.75) is 13.8 Å². The average Bonchev–Trinajstić information content (AvgIpc) is 2.25. The fourth-order valence-corrected chi connectivity index (χ4v) is 3.32. The van der Waals surface area contributed by atoms with Gasteiger partial charge in [0.15, 0.2) is 5.15 Å². The summed E-state index contributed by atoms with van der Waals surface area (Å²) in [6.07, 6.45) is 1.63. The lowest BCUT2D eigenvalue weighted by molar-refractivity contribution is 0.679. The first-order valence-electron chi connectivity index (χ1n) is 5.01. The minimum Gasteiger partial charge on any atom is -0.284 e. The molecule has 3 nitrogen and oxygen atoms in total. The molecule has 1 aliphatic rings. The van der Waals surface area contributed by atoms with E-state index in [1.807, 2.05) is 13.0 Å². The zero-order valence-electron chi connectivity index (χ0n) is 9.24. The van der Waals surface area contributed by atoms with Crippen molar-refractivity contribution in [1.29, 1.82) is 0 Å². The molecule has 0 bridgehead atoms. The molecule has 1 atom stereocenters. The fourth-order valence-electron chi connectivity index (χ4n) is 1.57. The summed E-state index contributed by atoms with van der Waals surface area (Å²) in [6, 6.07) is 3.65. The molecule has 86 valence electrons. The molecule has 0 spiro atoms. The Morgan fingerprint density at radius 1 is 1.44 bits per heavy atom. The first-order valence-corrected chi connectivity index (χ1v) is 6.66. The van der Waals surface area contributed by atoms with Crippen LogP contribution in [0.3, 0.4) is 0 Å². The van der Waals surface area contributed by atoms with Crippen LogP contribution in [0.2, 0.25) is 5.15 Å². The molecule has 0 radical (unpaired) electrons. The predicted molar refractivity (Wildman–Crippen MR) is 68.0 cm³/mol. The zero-order valence-corrected chi connectivity index (χ0v) is 10.8. The van der Waals surface area contributed by atoms with Crippen LogP contribution in [-0.4, -0.2) is 21.5 Å². The third-order valence-electron chi connectivity index (χ3n) is 2.70. The number of hydrogen-bond donors (Lipinski definition) is 0. The molecule has 0 aromatic carbocycles. The van der Waals surface area contributed by atoms with Gasteiger partial charge in [-0.05, 0) is 26.0 Å². The van der Waals surface area contributed by atoms with Gasteiger partial charge >= 0.3 is 0 Å². The number of nitrogens with zero attached hydrogens (tertiary/aromatic N) is 2. The molecule has 2 rings (SSSR count). The highest BCUT2D eigenvalue weighted by atomic mass is 35.5. The number of hydrogen-bond acceptors (Lipinski definition) is 2. The molecule has 1 aromatic rings. The van der Waals surface area contributed by atoms with E-state index in [4.69, 9.17) is 11.6 Å². The first-order chi connectivity index (χ1) is 7.59. The zero-order chi connectivity index (χ0) is 11.7. The van der Waals surface area contributed by atoms with E-state index >= 15 is 0 Å². The number of aromatic nitrogens is 1. The molecule has 0 N–H and O–H groups in total. The second kappa shape index (κ2) is 4.55. The predicted octanol–water partition coefficient (Wildman–Crippen LogP) is 2.56. The maximum absolute atomic E-state index is 12.0. The molecule has 16 heavy (non-hydrogen) atoms. The van der Waals surface area contributed by atoms with Crippen LogP contribution in [0.15, 0.2) is 29.5 Å². The first kappa shape index (κ1) is 11.6. The minimum absolute atomic E-state index is 0.406. The third-order valence-corrected chi connectivity index (χ3v) is 4.49. The van der Waals surface area contributed by atoms with Crippen LogP contribution in [0.1, 0.15) is 13.8 Å². The summed E-state index contributed by atoms with van der Waals surface area (Å²) < 4.78 is 13.8. The van der Waals surface area contributed by atoms with E-state index in [2.05, 4.69) is 11.9 Å². The highest BCUT2D eigenvalue weighted by molar-refractivity contribution is 7.86. The van der Waals surface area contributed by atoms with E-state index in [1.54, 1.807) is 16.6 Å². The van der Waals surface area contributed by atoms with Crippen molar-refractivity contribution in [1.82, 2.24) is 4.98 Å². The summed E-state index contributed by atoms with van der Waals surface area (Å²) in [7, 11) is -1.04. The van der Waals surface area contributed by atoms with Gasteiger partial charge in [-0.15, -0.1) is 0 Å². The molecule has 0 aliphatic carbocycles. The van der Waals surface area contributed by atoms with Crippen LogP contribution in [-0.2, 0) is 11.0 Å². The Kier molecular flexibility index (Phi) is 3.30. The summed E-state index contributed by atoms with van der Waals surface area (Å²) in [5, 5.41) is 0.406. The average molecular weight is 257 g/mol. The summed E-state index contributed by atoms with van der Waals surface area (Å²) in [5.74, 6) is 0.580.